The second-order valence-electron chi connectivity index (χ2n) is 7.00. The molecule has 0 atom stereocenters. The number of aryl methyl sites for hydroxylation is 1. The van der Waals surface area contributed by atoms with Gasteiger partial charge in [0, 0.05) is 19.0 Å². The van der Waals surface area contributed by atoms with E-state index in [1.165, 1.54) is 5.56 Å². The van der Waals surface area contributed by atoms with Crippen molar-refractivity contribution < 1.29 is 13.2 Å². The number of benzene rings is 2. The van der Waals surface area contributed by atoms with E-state index in [0.29, 0.717) is 23.7 Å². The summed E-state index contributed by atoms with van der Waals surface area (Å²) in [6.07, 6.45) is 1.52. The summed E-state index contributed by atoms with van der Waals surface area (Å²) in [7, 11) is -1.91. The van der Waals surface area contributed by atoms with Crippen molar-refractivity contribution >= 4 is 21.1 Å². The van der Waals surface area contributed by atoms with Crippen LogP contribution in [-0.4, -0.2) is 42.9 Å². The predicted octanol–water partition coefficient (Wildman–Crippen LogP) is 3.45. The van der Waals surface area contributed by atoms with E-state index in [1.54, 1.807) is 35.7 Å². The summed E-state index contributed by atoms with van der Waals surface area (Å²) < 4.78 is 32.4. The van der Waals surface area contributed by atoms with Crippen molar-refractivity contribution in [1.82, 2.24) is 14.3 Å². The Morgan fingerprint density at radius 1 is 1.11 bits per heavy atom. The summed E-state index contributed by atoms with van der Waals surface area (Å²) in [5.74, 6) is 1.85. The van der Waals surface area contributed by atoms with Gasteiger partial charge in [-0.2, -0.15) is 4.31 Å². The van der Waals surface area contributed by atoms with Crippen LogP contribution in [0.5, 0.6) is 5.75 Å². The number of aromatic nitrogens is 2. The lowest BCUT2D eigenvalue weighted by molar-refractivity contribution is 0.314. The molecule has 1 aromatic heterocycles. The van der Waals surface area contributed by atoms with Gasteiger partial charge in [0.25, 0.3) is 0 Å². The molecule has 1 N–H and O–H groups in total. The maximum atomic E-state index is 12.9. The molecule has 1 aliphatic heterocycles. The van der Waals surface area contributed by atoms with Crippen LogP contribution in [0, 0.1) is 6.92 Å². The Balaban J connectivity index is 1.48. The van der Waals surface area contributed by atoms with E-state index in [1.807, 2.05) is 6.07 Å². The zero-order valence-corrected chi connectivity index (χ0v) is 16.3. The van der Waals surface area contributed by atoms with Gasteiger partial charge in [-0.1, -0.05) is 6.07 Å². The fourth-order valence-corrected chi connectivity index (χ4v) is 5.07. The molecule has 7 heteroatoms. The molecule has 142 valence electrons. The van der Waals surface area contributed by atoms with Gasteiger partial charge in [-0.25, -0.2) is 13.4 Å². The molecule has 0 bridgehead atoms. The van der Waals surface area contributed by atoms with Crippen molar-refractivity contribution in [2.45, 2.75) is 30.6 Å². The Morgan fingerprint density at radius 2 is 1.81 bits per heavy atom. The van der Waals surface area contributed by atoms with Crippen LogP contribution in [0.1, 0.15) is 30.1 Å². The Morgan fingerprint density at radius 3 is 2.48 bits per heavy atom. The molecule has 1 saturated heterocycles. The Bertz CT molecular complexity index is 1050. The van der Waals surface area contributed by atoms with Crippen LogP contribution < -0.4 is 4.74 Å². The maximum absolute atomic E-state index is 12.9. The second kappa shape index (κ2) is 6.98. The number of imidazole rings is 1. The van der Waals surface area contributed by atoms with E-state index >= 15 is 0 Å². The van der Waals surface area contributed by atoms with Gasteiger partial charge in [-0.05, 0) is 61.7 Å². The highest BCUT2D eigenvalue weighted by Gasteiger charge is 2.31. The fraction of sp³-hybridized carbons (Fsp3) is 0.350. The standard InChI is InChI=1S/C20H23N3O3S/c1-14-3-8-18-19(13-14)22-20(21-18)15-9-11-23(12-10-15)27(24,25)17-6-4-16(26-2)5-7-17/h3-8,13,15H,9-12H2,1-2H3,(H,21,22). The van der Waals surface area contributed by atoms with Crippen molar-refractivity contribution in [2.24, 2.45) is 0 Å². The van der Waals surface area contributed by atoms with Gasteiger partial charge in [0.15, 0.2) is 0 Å². The normalized spacial score (nSPS) is 16.7. The van der Waals surface area contributed by atoms with Gasteiger partial charge < -0.3 is 9.72 Å². The third-order valence-corrected chi connectivity index (χ3v) is 7.11. The number of nitrogens with zero attached hydrogens (tertiary/aromatic N) is 2. The lowest BCUT2D eigenvalue weighted by Crippen LogP contribution is -2.38. The number of fused-ring (bicyclic) bond motifs is 1. The van der Waals surface area contributed by atoms with E-state index in [9.17, 15) is 8.42 Å². The predicted molar refractivity (Wildman–Crippen MR) is 105 cm³/mol. The molecular weight excluding hydrogens is 362 g/mol. The van der Waals surface area contributed by atoms with Gasteiger partial charge in [0.05, 0.1) is 23.0 Å². The highest BCUT2D eigenvalue weighted by Crippen LogP contribution is 2.31. The van der Waals surface area contributed by atoms with Crippen molar-refractivity contribution in [1.29, 1.82) is 0 Å². The summed E-state index contributed by atoms with van der Waals surface area (Å²) in [5.41, 5.74) is 3.19. The molecule has 2 heterocycles. The fourth-order valence-electron chi connectivity index (χ4n) is 3.60. The molecule has 1 fully saturated rings. The molecule has 0 aliphatic carbocycles. The summed E-state index contributed by atoms with van der Waals surface area (Å²) in [6.45, 7) is 3.05. The highest BCUT2D eigenvalue weighted by atomic mass is 32.2. The molecule has 1 aliphatic rings. The number of piperidine rings is 1. The topological polar surface area (TPSA) is 75.3 Å². The molecule has 0 spiro atoms. The maximum Gasteiger partial charge on any atom is 0.243 e. The van der Waals surface area contributed by atoms with Crippen LogP contribution in [0.15, 0.2) is 47.4 Å². The summed E-state index contributed by atoms with van der Waals surface area (Å²) in [5, 5.41) is 0. The molecule has 2 aromatic carbocycles. The van der Waals surface area contributed by atoms with Crippen molar-refractivity contribution in [3.05, 3.63) is 53.9 Å². The first-order valence-electron chi connectivity index (χ1n) is 9.08. The number of nitrogens with one attached hydrogen (secondary N) is 1. The zero-order valence-electron chi connectivity index (χ0n) is 15.5. The lowest BCUT2D eigenvalue weighted by atomic mass is 9.97. The first-order chi connectivity index (χ1) is 13.0. The van der Waals surface area contributed by atoms with Crippen LogP contribution in [0.4, 0.5) is 0 Å². The number of rotatable bonds is 4. The average molecular weight is 385 g/mol. The molecule has 0 radical (unpaired) electrons. The Labute approximate surface area is 159 Å². The molecule has 0 amide bonds. The van der Waals surface area contributed by atoms with Gasteiger partial charge in [-0.3, -0.25) is 0 Å². The quantitative estimate of drug-likeness (QED) is 0.746. The number of hydrogen-bond acceptors (Lipinski definition) is 4. The van der Waals surface area contributed by atoms with E-state index in [4.69, 9.17) is 9.72 Å². The van der Waals surface area contributed by atoms with Crippen molar-refractivity contribution in [3.8, 4) is 5.75 Å². The van der Waals surface area contributed by atoms with Crippen LogP contribution in [-0.2, 0) is 10.0 Å². The second-order valence-corrected chi connectivity index (χ2v) is 8.93. The first kappa shape index (κ1) is 18.0. The smallest absolute Gasteiger partial charge is 0.243 e. The van der Waals surface area contributed by atoms with Gasteiger partial charge in [0.2, 0.25) is 10.0 Å². The van der Waals surface area contributed by atoms with E-state index in [0.717, 1.165) is 29.7 Å². The van der Waals surface area contributed by atoms with Crippen LogP contribution >= 0.6 is 0 Å². The highest BCUT2D eigenvalue weighted by molar-refractivity contribution is 7.89. The minimum Gasteiger partial charge on any atom is -0.497 e. The number of methoxy groups -OCH3 is 1. The van der Waals surface area contributed by atoms with Gasteiger partial charge in [-0.15, -0.1) is 0 Å². The number of aromatic amines is 1. The van der Waals surface area contributed by atoms with Crippen molar-refractivity contribution in [3.63, 3.8) is 0 Å². The molecule has 0 unspecified atom stereocenters. The third kappa shape index (κ3) is 3.44. The SMILES string of the molecule is COc1ccc(S(=O)(=O)N2CCC(c3nc4ccc(C)cc4[nH]3)CC2)cc1. The van der Waals surface area contributed by atoms with E-state index in [-0.39, 0.29) is 5.92 Å². The lowest BCUT2D eigenvalue weighted by Gasteiger charge is -2.30. The molecule has 3 aromatic rings. The summed E-state index contributed by atoms with van der Waals surface area (Å²) >= 11 is 0. The zero-order chi connectivity index (χ0) is 19.0. The molecule has 4 rings (SSSR count). The number of H-pyrrole nitrogens is 1. The minimum absolute atomic E-state index is 0.250. The van der Waals surface area contributed by atoms with Crippen LogP contribution in [0.3, 0.4) is 0 Å². The average Bonchev–Trinajstić information content (AvgIpc) is 3.11. The van der Waals surface area contributed by atoms with E-state index in [2.05, 4.69) is 24.0 Å². The Kier molecular flexibility index (Phi) is 4.65. The summed E-state index contributed by atoms with van der Waals surface area (Å²) in [6, 6.07) is 12.7. The number of sulfonamides is 1. The largest absolute Gasteiger partial charge is 0.497 e. The monoisotopic (exact) mass is 385 g/mol. The molecule has 6 nitrogen and oxygen atoms in total. The van der Waals surface area contributed by atoms with Crippen LogP contribution in [0.2, 0.25) is 0 Å². The number of ether oxygens (including phenoxy) is 1. The third-order valence-electron chi connectivity index (χ3n) is 5.19. The Hall–Kier alpha value is -2.38. The van der Waals surface area contributed by atoms with Gasteiger partial charge >= 0.3 is 0 Å². The minimum atomic E-state index is -3.48. The summed E-state index contributed by atoms with van der Waals surface area (Å²) in [4.78, 5) is 8.42. The van der Waals surface area contributed by atoms with Crippen LogP contribution in [0.25, 0.3) is 11.0 Å². The first-order valence-corrected chi connectivity index (χ1v) is 10.5. The van der Waals surface area contributed by atoms with Gasteiger partial charge in [0.1, 0.15) is 11.6 Å². The number of hydrogen-bond donors (Lipinski definition) is 1. The molecular formula is C20H23N3O3S. The van der Waals surface area contributed by atoms with Crippen molar-refractivity contribution in [2.75, 3.05) is 20.2 Å². The van der Waals surface area contributed by atoms with E-state index < -0.39 is 10.0 Å². The molecule has 0 saturated carbocycles. The molecule has 27 heavy (non-hydrogen) atoms.